The third-order valence-electron chi connectivity index (χ3n) is 4.81. The van der Waals surface area contributed by atoms with Crippen LogP contribution in [0.5, 0.6) is 0 Å². The van der Waals surface area contributed by atoms with Crippen molar-refractivity contribution in [1.82, 2.24) is 15.2 Å². The lowest BCUT2D eigenvalue weighted by atomic mass is 10.1. The molecule has 5 heteroatoms. The minimum atomic E-state index is -0.114. The summed E-state index contributed by atoms with van der Waals surface area (Å²) in [7, 11) is 0. The zero-order valence-electron chi connectivity index (χ0n) is 14.8. The van der Waals surface area contributed by atoms with Crippen molar-refractivity contribution >= 4 is 17.0 Å². The minimum Gasteiger partial charge on any atom is -0.439 e. The first-order valence-electron chi connectivity index (χ1n) is 9.22. The van der Waals surface area contributed by atoms with Gasteiger partial charge in [-0.1, -0.05) is 30.7 Å². The number of hydrogen-bond acceptors (Lipinski definition) is 4. The number of aromatic nitrogens is 1. The van der Waals surface area contributed by atoms with Crippen LogP contribution in [0.3, 0.4) is 0 Å². The number of carbonyl (C=O) groups is 1. The summed E-state index contributed by atoms with van der Waals surface area (Å²) < 4.78 is 5.63. The molecule has 1 aliphatic rings. The van der Waals surface area contributed by atoms with Gasteiger partial charge >= 0.3 is 0 Å². The average Bonchev–Trinajstić information content (AvgIpc) is 3.10. The normalized spacial score (nSPS) is 15.2. The van der Waals surface area contributed by atoms with Crippen LogP contribution in [0.15, 0.2) is 52.9 Å². The molecule has 5 nitrogen and oxygen atoms in total. The van der Waals surface area contributed by atoms with Gasteiger partial charge in [-0.3, -0.25) is 9.69 Å². The lowest BCUT2D eigenvalue weighted by Crippen LogP contribution is -2.29. The van der Waals surface area contributed by atoms with Gasteiger partial charge in [-0.15, -0.1) is 0 Å². The predicted molar refractivity (Wildman–Crippen MR) is 101 cm³/mol. The van der Waals surface area contributed by atoms with Crippen LogP contribution in [0.2, 0.25) is 0 Å². The quantitative estimate of drug-likeness (QED) is 0.762. The van der Waals surface area contributed by atoms with Gasteiger partial charge in [0.05, 0.1) is 6.54 Å². The van der Waals surface area contributed by atoms with E-state index in [0.29, 0.717) is 11.5 Å². The van der Waals surface area contributed by atoms with Crippen molar-refractivity contribution in [3.63, 3.8) is 0 Å². The number of amides is 1. The second-order valence-electron chi connectivity index (χ2n) is 6.79. The zero-order valence-corrected chi connectivity index (χ0v) is 14.8. The second-order valence-corrected chi connectivity index (χ2v) is 6.79. The number of hydrogen-bond donors (Lipinski definition) is 1. The molecule has 1 aliphatic heterocycles. The smallest absolute Gasteiger partial charge is 0.251 e. The number of oxazole rings is 1. The molecule has 1 amide bonds. The maximum absolute atomic E-state index is 12.3. The highest BCUT2D eigenvalue weighted by atomic mass is 16.3. The van der Waals surface area contributed by atoms with E-state index < -0.39 is 0 Å². The highest BCUT2D eigenvalue weighted by molar-refractivity contribution is 5.94. The Hall–Kier alpha value is -2.66. The highest BCUT2D eigenvalue weighted by Gasteiger charge is 2.12. The van der Waals surface area contributed by atoms with E-state index >= 15 is 0 Å². The summed E-state index contributed by atoms with van der Waals surface area (Å²) in [6.45, 7) is 3.59. The van der Waals surface area contributed by atoms with Crippen molar-refractivity contribution in [2.24, 2.45) is 0 Å². The molecule has 2 aromatic carbocycles. The molecule has 3 aromatic rings. The van der Waals surface area contributed by atoms with E-state index in [9.17, 15) is 4.79 Å². The Morgan fingerprint density at radius 3 is 2.58 bits per heavy atom. The molecular weight excluding hydrogens is 326 g/mol. The topological polar surface area (TPSA) is 58.4 Å². The van der Waals surface area contributed by atoms with E-state index in [1.807, 2.05) is 48.5 Å². The van der Waals surface area contributed by atoms with Gasteiger partial charge in [-0.2, -0.15) is 0 Å². The summed E-state index contributed by atoms with van der Waals surface area (Å²) in [5.74, 6) is 0.401. The zero-order chi connectivity index (χ0) is 17.8. The summed E-state index contributed by atoms with van der Waals surface area (Å²) in [5.41, 5.74) is 3.45. The number of carbonyl (C=O) groups excluding carboxylic acids is 1. The van der Waals surface area contributed by atoms with Gasteiger partial charge in [-0.05, 0) is 55.8 Å². The summed E-state index contributed by atoms with van der Waals surface area (Å²) in [6, 6.07) is 15.5. The summed E-state index contributed by atoms with van der Waals surface area (Å²) >= 11 is 0. The molecule has 1 fully saturated rings. The van der Waals surface area contributed by atoms with E-state index in [1.54, 1.807) is 0 Å². The molecule has 0 atom stereocenters. The molecule has 0 spiro atoms. The Bertz CT molecular complexity index is 847. The van der Waals surface area contributed by atoms with Crippen LogP contribution in [0.25, 0.3) is 11.1 Å². The van der Waals surface area contributed by atoms with Crippen LogP contribution in [-0.4, -0.2) is 28.9 Å². The maximum atomic E-state index is 12.3. The maximum Gasteiger partial charge on any atom is 0.251 e. The Kier molecular flexibility index (Phi) is 4.97. The van der Waals surface area contributed by atoms with E-state index in [4.69, 9.17) is 4.42 Å². The number of benzene rings is 2. The molecule has 26 heavy (non-hydrogen) atoms. The fourth-order valence-electron chi connectivity index (χ4n) is 3.39. The van der Waals surface area contributed by atoms with Crippen molar-refractivity contribution in [2.45, 2.75) is 32.4 Å². The van der Waals surface area contributed by atoms with Crippen molar-refractivity contribution < 1.29 is 9.21 Å². The summed E-state index contributed by atoms with van der Waals surface area (Å²) in [6.07, 6.45) is 3.92. The van der Waals surface area contributed by atoms with Gasteiger partial charge < -0.3 is 9.73 Å². The number of likely N-dealkylation sites (tertiary alicyclic amines) is 1. The van der Waals surface area contributed by atoms with Crippen LogP contribution < -0.4 is 5.32 Å². The molecule has 1 N–H and O–H groups in total. The minimum absolute atomic E-state index is 0.114. The highest BCUT2D eigenvalue weighted by Crippen LogP contribution is 2.15. The van der Waals surface area contributed by atoms with Crippen LogP contribution in [-0.2, 0) is 13.1 Å². The molecule has 1 aromatic heterocycles. The fourth-order valence-corrected chi connectivity index (χ4v) is 3.39. The number of nitrogens with zero attached hydrogens (tertiary/aromatic N) is 2. The molecule has 134 valence electrons. The van der Waals surface area contributed by atoms with Gasteiger partial charge in [0, 0.05) is 12.1 Å². The lowest BCUT2D eigenvalue weighted by Gasteiger charge is -2.26. The SMILES string of the molecule is O=C(NCc1nc2ccccc2o1)c1ccc(CN2CCCCC2)cc1. The van der Waals surface area contributed by atoms with E-state index in [2.05, 4.69) is 15.2 Å². The summed E-state index contributed by atoms with van der Waals surface area (Å²) in [5, 5.41) is 2.87. The molecule has 0 unspecified atom stereocenters. The number of para-hydroxylation sites is 2. The molecule has 0 radical (unpaired) electrons. The molecule has 4 rings (SSSR count). The van der Waals surface area contributed by atoms with Crippen molar-refractivity contribution in [3.05, 3.63) is 65.5 Å². The molecular formula is C21H23N3O2. The van der Waals surface area contributed by atoms with Gasteiger partial charge in [0.15, 0.2) is 5.58 Å². The number of nitrogens with one attached hydrogen (secondary N) is 1. The molecule has 0 bridgehead atoms. The summed E-state index contributed by atoms with van der Waals surface area (Å²) in [4.78, 5) is 19.2. The van der Waals surface area contributed by atoms with E-state index in [-0.39, 0.29) is 12.5 Å². The third kappa shape index (κ3) is 3.94. The van der Waals surface area contributed by atoms with Gasteiger partial charge in [0.1, 0.15) is 5.52 Å². The lowest BCUT2D eigenvalue weighted by molar-refractivity contribution is 0.0947. The Morgan fingerprint density at radius 1 is 1.04 bits per heavy atom. The number of piperidine rings is 1. The first-order valence-corrected chi connectivity index (χ1v) is 9.22. The Morgan fingerprint density at radius 2 is 1.81 bits per heavy atom. The van der Waals surface area contributed by atoms with E-state index in [0.717, 1.165) is 17.6 Å². The Labute approximate surface area is 153 Å². The molecule has 2 heterocycles. The fraction of sp³-hybridized carbons (Fsp3) is 0.333. The molecule has 0 saturated carbocycles. The third-order valence-corrected chi connectivity index (χ3v) is 4.81. The van der Waals surface area contributed by atoms with Crippen molar-refractivity contribution in [3.8, 4) is 0 Å². The van der Waals surface area contributed by atoms with Gasteiger partial charge in [-0.25, -0.2) is 4.98 Å². The molecule has 0 aliphatic carbocycles. The van der Waals surface area contributed by atoms with Gasteiger partial charge in [0.2, 0.25) is 5.89 Å². The van der Waals surface area contributed by atoms with Gasteiger partial charge in [0.25, 0.3) is 5.91 Å². The number of fused-ring (bicyclic) bond motifs is 1. The second kappa shape index (κ2) is 7.70. The van der Waals surface area contributed by atoms with Crippen LogP contribution in [0.4, 0.5) is 0 Å². The molecule has 1 saturated heterocycles. The Balaban J connectivity index is 1.33. The predicted octanol–water partition coefficient (Wildman–Crippen LogP) is 3.74. The van der Waals surface area contributed by atoms with Crippen LogP contribution in [0.1, 0.15) is 41.1 Å². The van der Waals surface area contributed by atoms with Crippen LogP contribution >= 0.6 is 0 Å². The number of rotatable bonds is 5. The first kappa shape index (κ1) is 16.8. The van der Waals surface area contributed by atoms with Crippen molar-refractivity contribution in [2.75, 3.05) is 13.1 Å². The average molecular weight is 349 g/mol. The van der Waals surface area contributed by atoms with Crippen molar-refractivity contribution in [1.29, 1.82) is 0 Å². The first-order chi connectivity index (χ1) is 12.8. The van der Waals surface area contributed by atoms with Crippen LogP contribution in [0, 0.1) is 0 Å². The monoisotopic (exact) mass is 349 g/mol. The van der Waals surface area contributed by atoms with E-state index in [1.165, 1.54) is 37.9 Å². The standard InChI is InChI=1S/C21H23N3O2/c25-21(22-14-20-23-18-6-2-3-7-19(18)26-20)17-10-8-16(9-11-17)15-24-12-4-1-5-13-24/h2-3,6-11H,1,4-5,12-15H2,(H,22,25). The largest absolute Gasteiger partial charge is 0.439 e.